The molecule has 1 unspecified atom stereocenters. The molecule has 1 atom stereocenters. The molecule has 0 saturated heterocycles. The van der Waals surface area contributed by atoms with Gasteiger partial charge in [-0.3, -0.25) is 4.79 Å². The Labute approximate surface area is 247 Å². The number of unbranched alkanes of at least 4 members (excludes halogenated alkanes) is 11. The number of halogens is 1. The maximum absolute atomic E-state index is 13.1. The van der Waals surface area contributed by atoms with Crippen LogP contribution < -0.4 is 31.6 Å². The molecule has 0 bridgehead atoms. The van der Waals surface area contributed by atoms with Crippen molar-refractivity contribution in [1.29, 1.82) is 0 Å². The fourth-order valence-electron chi connectivity index (χ4n) is 5.17. The predicted octanol–water partition coefficient (Wildman–Crippen LogP) is 4.67. The summed E-state index contributed by atoms with van der Waals surface area (Å²) in [5.41, 5.74) is 0.563. The Morgan fingerprint density at radius 1 is 0.872 bits per heavy atom. The van der Waals surface area contributed by atoms with Crippen molar-refractivity contribution in [3.63, 3.8) is 0 Å². The average molecular weight is 598 g/mol. The number of carbonyl (C=O) groups is 1. The first-order valence-corrected chi connectivity index (χ1v) is 15.0. The lowest BCUT2D eigenvalue weighted by Crippen LogP contribution is -3.00. The molecular formula is C34H49BrN2O2. The van der Waals surface area contributed by atoms with Crippen LogP contribution in [0.5, 0.6) is 5.75 Å². The first-order chi connectivity index (χ1) is 18.7. The molecule has 1 aliphatic rings. The molecule has 0 spiro atoms. The van der Waals surface area contributed by atoms with Crippen molar-refractivity contribution in [2.24, 2.45) is 0 Å². The Kier molecular flexibility index (Phi) is 16.5. The van der Waals surface area contributed by atoms with Crippen molar-refractivity contribution in [2.45, 2.75) is 109 Å². The van der Waals surface area contributed by atoms with Crippen LogP contribution in [0.3, 0.4) is 0 Å². The van der Waals surface area contributed by atoms with Crippen LogP contribution in [0.15, 0.2) is 79.2 Å². The highest BCUT2D eigenvalue weighted by Gasteiger charge is 2.33. The smallest absolute Gasteiger partial charge is 0.225 e. The van der Waals surface area contributed by atoms with Crippen molar-refractivity contribution in [1.82, 2.24) is 5.32 Å². The number of ether oxygens (including phenoxy) is 1. The molecule has 1 N–H and O–H groups in total. The molecular weight excluding hydrogens is 548 g/mol. The number of hydrogen-bond acceptors (Lipinski definition) is 2. The number of hydrogen-bond donors (Lipinski definition) is 1. The van der Waals surface area contributed by atoms with E-state index in [1.165, 1.54) is 70.6 Å². The number of carbonyl (C=O) groups excluding carboxylic acids is 1. The minimum absolute atomic E-state index is 0. The van der Waals surface area contributed by atoms with E-state index in [0.29, 0.717) is 13.0 Å². The van der Waals surface area contributed by atoms with Crippen LogP contribution in [0.1, 0.15) is 96.0 Å². The third-order valence-corrected chi connectivity index (χ3v) is 7.30. The van der Waals surface area contributed by atoms with E-state index >= 15 is 0 Å². The summed E-state index contributed by atoms with van der Waals surface area (Å²) in [6.07, 6.45) is 29.6. The zero-order valence-corrected chi connectivity index (χ0v) is 25.5. The van der Waals surface area contributed by atoms with Gasteiger partial charge in [0, 0.05) is 12.1 Å². The lowest BCUT2D eigenvalue weighted by atomic mass is 9.90. The molecule has 0 radical (unpaired) electrons. The van der Waals surface area contributed by atoms with Crippen LogP contribution in [0.25, 0.3) is 0 Å². The lowest BCUT2D eigenvalue weighted by Gasteiger charge is -2.29. The van der Waals surface area contributed by atoms with Crippen LogP contribution in [-0.4, -0.2) is 18.1 Å². The van der Waals surface area contributed by atoms with Crippen LogP contribution in [0.2, 0.25) is 0 Å². The molecule has 39 heavy (non-hydrogen) atoms. The van der Waals surface area contributed by atoms with Crippen LogP contribution in [0.4, 0.5) is 0 Å². The molecule has 0 aliphatic heterocycles. The SMILES string of the molecule is CCCCCCCCCCCCCCOc1cccc(CC(=O)NC2(C[n+]3ccccc3)C=CC=CC2)c1.[Br-]. The van der Waals surface area contributed by atoms with Gasteiger partial charge in [-0.2, -0.15) is 0 Å². The second kappa shape index (κ2) is 19.6. The summed E-state index contributed by atoms with van der Waals surface area (Å²) in [5.74, 6) is 0.882. The highest BCUT2D eigenvalue weighted by atomic mass is 79.9. The van der Waals surface area contributed by atoms with Crippen molar-refractivity contribution in [3.8, 4) is 5.75 Å². The molecule has 0 fully saturated rings. The maximum atomic E-state index is 13.1. The second-order valence-electron chi connectivity index (χ2n) is 10.8. The van der Waals surface area contributed by atoms with Gasteiger partial charge in [0.25, 0.3) is 0 Å². The van der Waals surface area contributed by atoms with E-state index in [1.54, 1.807) is 0 Å². The fraction of sp³-hybridized carbons (Fsp3) is 0.529. The molecule has 4 nitrogen and oxygen atoms in total. The number of allylic oxidation sites excluding steroid dienone is 2. The normalized spacial score (nSPS) is 16.0. The van der Waals surface area contributed by atoms with Gasteiger partial charge in [-0.15, -0.1) is 0 Å². The van der Waals surface area contributed by atoms with Gasteiger partial charge in [-0.25, -0.2) is 4.57 Å². The monoisotopic (exact) mass is 596 g/mol. The first-order valence-electron chi connectivity index (χ1n) is 15.0. The molecule has 1 aromatic carbocycles. The minimum Gasteiger partial charge on any atom is -1.00 e. The molecule has 2 aromatic rings. The van der Waals surface area contributed by atoms with Crippen molar-refractivity contribution >= 4 is 5.91 Å². The van der Waals surface area contributed by atoms with Gasteiger partial charge in [0.15, 0.2) is 18.9 Å². The Morgan fingerprint density at radius 3 is 2.18 bits per heavy atom. The summed E-state index contributed by atoms with van der Waals surface area (Å²) in [4.78, 5) is 13.1. The fourth-order valence-corrected chi connectivity index (χ4v) is 5.17. The number of pyridine rings is 1. The predicted molar refractivity (Wildman–Crippen MR) is 157 cm³/mol. The van der Waals surface area contributed by atoms with E-state index in [0.717, 1.165) is 30.8 Å². The summed E-state index contributed by atoms with van der Waals surface area (Å²) < 4.78 is 8.13. The summed E-state index contributed by atoms with van der Waals surface area (Å²) in [5, 5.41) is 3.31. The van der Waals surface area contributed by atoms with E-state index in [4.69, 9.17) is 4.74 Å². The summed E-state index contributed by atoms with van der Waals surface area (Å²) >= 11 is 0. The number of rotatable bonds is 19. The Bertz CT molecular complexity index is 992. The van der Waals surface area contributed by atoms with Crippen LogP contribution >= 0.6 is 0 Å². The molecule has 3 rings (SSSR count). The largest absolute Gasteiger partial charge is 1.00 e. The maximum Gasteiger partial charge on any atom is 0.225 e. The van der Waals surface area contributed by atoms with Gasteiger partial charge < -0.3 is 27.0 Å². The highest BCUT2D eigenvalue weighted by Crippen LogP contribution is 2.20. The molecule has 1 aromatic heterocycles. The van der Waals surface area contributed by atoms with Gasteiger partial charge in [0.2, 0.25) is 5.91 Å². The quantitative estimate of drug-likeness (QED) is 0.189. The molecule has 214 valence electrons. The number of benzene rings is 1. The van der Waals surface area contributed by atoms with Crippen molar-refractivity contribution in [2.75, 3.05) is 6.61 Å². The zero-order chi connectivity index (χ0) is 26.7. The van der Waals surface area contributed by atoms with Gasteiger partial charge >= 0.3 is 0 Å². The zero-order valence-electron chi connectivity index (χ0n) is 24.0. The van der Waals surface area contributed by atoms with Crippen LogP contribution in [0, 0.1) is 0 Å². The van der Waals surface area contributed by atoms with E-state index < -0.39 is 5.54 Å². The van der Waals surface area contributed by atoms with E-state index in [2.05, 4.69) is 29.0 Å². The van der Waals surface area contributed by atoms with E-state index in [1.807, 2.05) is 67.0 Å². The van der Waals surface area contributed by atoms with Crippen molar-refractivity contribution in [3.05, 3.63) is 84.7 Å². The Hall–Kier alpha value is -2.40. The van der Waals surface area contributed by atoms with Gasteiger partial charge in [0.05, 0.1) is 13.0 Å². The number of amides is 1. The van der Waals surface area contributed by atoms with Gasteiger partial charge in [-0.1, -0.05) is 120 Å². The third-order valence-electron chi connectivity index (χ3n) is 7.30. The number of nitrogens with zero attached hydrogens (tertiary/aromatic N) is 1. The first kappa shape index (κ1) is 32.8. The summed E-state index contributed by atoms with van der Waals surface area (Å²) in [6.45, 7) is 3.71. The second-order valence-corrected chi connectivity index (χ2v) is 10.8. The molecule has 1 aliphatic carbocycles. The van der Waals surface area contributed by atoms with E-state index in [-0.39, 0.29) is 22.9 Å². The summed E-state index contributed by atoms with van der Waals surface area (Å²) in [7, 11) is 0. The van der Waals surface area contributed by atoms with Gasteiger partial charge in [0.1, 0.15) is 11.3 Å². The minimum atomic E-state index is -0.416. The Morgan fingerprint density at radius 2 is 1.54 bits per heavy atom. The third kappa shape index (κ3) is 13.5. The van der Waals surface area contributed by atoms with E-state index in [9.17, 15) is 4.79 Å². The topological polar surface area (TPSA) is 42.2 Å². The molecule has 1 heterocycles. The standard InChI is InChI=1S/C34H48N2O2.BrH/c1-2-3-4-5-6-7-8-9-10-11-12-19-27-38-32-22-20-21-31(28-32)29-33(37)35-34(23-15-13-16-24-34)30-36-25-17-14-18-26-36;/h13-18,20-23,25-26,28H,2-12,19,24,27,29-30H2,1H3;1H. The number of aromatic nitrogens is 1. The molecule has 0 saturated carbocycles. The molecule has 1 amide bonds. The lowest BCUT2D eigenvalue weighted by molar-refractivity contribution is -0.703. The summed E-state index contributed by atoms with van der Waals surface area (Å²) in [6, 6.07) is 14.0. The highest BCUT2D eigenvalue weighted by molar-refractivity contribution is 5.79. The number of nitrogens with one attached hydrogen (secondary N) is 1. The Balaban J connectivity index is 0.00000533. The van der Waals surface area contributed by atoms with Crippen molar-refractivity contribution < 1.29 is 31.1 Å². The molecule has 5 heteroatoms. The van der Waals surface area contributed by atoms with Crippen LogP contribution in [-0.2, 0) is 17.8 Å². The average Bonchev–Trinajstić information content (AvgIpc) is 2.92. The van der Waals surface area contributed by atoms with Gasteiger partial charge in [-0.05, 0) is 30.5 Å².